The maximum absolute atomic E-state index is 5.39. The van der Waals surface area contributed by atoms with Crippen LogP contribution >= 0.6 is 0 Å². The number of rotatable bonds is 7. The van der Waals surface area contributed by atoms with Gasteiger partial charge >= 0.3 is 88.2 Å². The summed E-state index contributed by atoms with van der Waals surface area (Å²) in [4.78, 5) is 0. The van der Waals surface area contributed by atoms with Gasteiger partial charge in [0.1, 0.15) is 0 Å². The minimum absolute atomic E-state index is 0.512. The van der Waals surface area contributed by atoms with Crippen LogP contribution in [0.1, 0.15) is 39.0 Å². The van der Waals surface area contributed by atoms with E-state index < -0.39 is 0 Å². The van der Waals surface area contributed by atoms with Crippen LogP contribution in [0.5, 0.6) is 0 Å². The van der Waals surface area contributed by atoms with Gasteiger partial charge in [0.15, 0.2) is 0 Å². The SMILES string of the molecule is [CH2]CCC(CCCC)=NNC(N)=[Se]. The van der Waals surface area contributed by atoms with Crippen LogP contribution in [0, 0.1) is 6.92 Å². The van der Waals surface area contributed by atoms with Crippen molar-refractivity contribution < 1.29 is 0 Å². The van der Waals surface area contributed by atoms with E-state index in [9.17, 15) is 0 Å². The fourth-order valence-electron chi connectivity index (χ4n) is 0.956. The predicted molar refractivity (Wildman–Crippen MR) is 59.6 cm³/mol. The van der Waals surface area contributed by atoms with Gasteiger partial charge in [-0.25, -0.2) is 0 Å². The Morgan fingerprint density at radius 3 is 2.69 bits per heavy atom. The number of hydrogen-bond donors (Lipinski definition) is 2. The molecule has 75 valence electrons. The van der Waals surface area contributed by atoms with E-state index in [-0.39, 0.29) is 0 Å². The molecule has 0 atom stereocenters. The second kappa shape index (κ2) is 8.27. The third-order valence-corrected chi connectivity index (χ3v) is 1.80. The molecule has 0 aromatic rings. The predicted octanol–water partition coefficient (Wildman–Crippen LogP) is 0.951. The average Bonchev–Trinajstić information content (AvgIpc) is 2.09. The van der Waals surface area contributed by atoms with E-state index in [0.717, 1.165) is 25.0 Å². The first kappa shape index (κ1) is 12.7. The molecule has 0 heterocycles. The Morgan fingerprint density at radius 1 is 1.54 bits per heavy atom. The van der Waals surface area contributed by atoms with Crippen molar-refractivity contribution in [2.75, 3.05) is 0 Å². The van der Waals surface area contributed by atoms with E-state index in [1.54, 1.807) is 0 Å². The van der Waals surface area contributed by atoms with E-state index >= 15 is 0 Å². The Balaban J connectivity index is 3.90. The summed E-state index contributed by atoms with van der Waals surface area (Å²) in [6.45, 7) is 5.98. The Morgan fingerprint density at radius 2 is 2.23 bits per heavy atom. The van der Waals surface area contributed by atoms with Crippen LogP contribution < -0.4 is 11.2 Å². The normalized spacial score (nSPS) is 11.4. The van der Waals surface area contributed by atoms with Gasteiger partial charge in [-0.1, -0.05) is 0 Å². The zero-order valence-electron chi connectivity index (χ0n) is 8.18. The van der Waals surface area contributed by atoms with Crippen LogP contribution in [0.3, 0.4) is 0 Å². The van der Waals surface area contributed by atoms with Crippen LogP contribution in [0.4, 0.5) is 0 Å². The van der Waals surface area contributed by atoms with E-state index in [4.69, 9.17) is 5.73 Å². The molecule has 0 fully saturated rings. The van der Waals surface area contributed by atoms with Gasteiger partial charge in [0.25, 0.3) is 0 Å². The molecular weight excluding hydrogens is 229 g/mol. The van der Waals surface area contributed by atoms with Gasteiger partial charge in [-0.2, -0.15) is 0 Å². The standard InChI is InChI=1S/C9H18N3Se/c1-3-5-7-8(6-4-2)11-12-9(10)13/h2-7H2,1H3,(H3,10,12,13). The first-order valence-corrected chi connectivity index (χ1v) is 5.46. The van der Waals surface area contributed by atoms with Gasteiger partial charge in [-0.05, 0) is 0 Å². The molecule has 3 nitrogen and oxygen atoms in total. The molecule has 0 rings (SSSR count). The number of nitrogens with one attached hydrogen (secondary N) is 1. The topological polar surface area (TPSA) is 50.4 Å². The van der Waals surface area contributed by atoms with Crippen molar-refractivity contribution in [1.29, 1.82) is 0 Å². The summed E-state index contributed by atoms with van der Waals surface area (Å²) in [5, 5.41) is 4.18. The Hall–Kier alpha value is -0.341. The molecule has 13 heavy (non-hydrogen) atoms. The van der Waals surface area contributed by atoms with E-state index in [1.807, 2.05) is 0 Å². The summed E-state index contributed by atoms with van der Waals surface area (Å²) < 4.78 is 0.512. The van der Waals surface area contributed by atoms with Gasteiger partial charge in [0.2, 0.25) is 0 Å². The molecule has 0 bridgehead atoms. The average molecular weight is 247 g/mol. The molecule has 0 aromatic heterocycles. The number of nitrogens with zero attached hydrogens (tertiary/aromatic N) is 1. The number of unbranched alkanes of at least 4 members (excludes halogenated alkanes) is 1. The fraction of sp³-hybridized carbons (Fsp3) is 0.667. The van der Waals surface area contributed by atoms with Crippen LogP contribution in [-0.2, 0) is 0 Å². The van der Waals surface area contributed by atoms with Gasteiger partial charge in [0, 0.05) is 0 Å². The minimum atomic E-state index is 0.512. The monoisotopic (exact) mass is 248 g/mol. The summed E-state index contributed by atoms with van der Waals surface area (Å²) in [6.07, 6.45) is 5.23. The van der Waals surface area contributed by atoms with Gasteiger partial charge in [0.05, 0.1) is 0 Å². The summed E-state index contributed by atoms with van der Waals surface area (Å²) in [5.74, 6) is 0. The van der Waals surface area contributed by atoms with Crippen LogP contribution in [0.15, 0.2) is 5.10 Å². The van der Waals surface area contributed by atoms with Crippen molar-refractivity contribution in [1.82, 2.24) is 5.43 Å². The van der Waals surface area contributed by atoms with Crippen molar-refractivity contribution in [3.63, 3.8) is 0 Å². The molecule has 0 aromatic carbocycles. The summed E-state index contributed by atoms with van der Waals surface area (Å²) in [5.41, 5.74) is 9.28. The van der Waals surface area contributed by atoms with Crippen LogP contribution in [-0.4, -0.2) is 26.0 Å². The first-order chi connectivity index (χ1) is 6.20. The van der Waals surface area contributed by atoms with Crippen molar-refractivity contribution in [2.45, 2.75) is 39.0 Å². The van der Waals surface area contributed by atoms with Crippen molar-refractivity contribution in [2.24, 2.45) is 10.8 Å². The number of hydrazone groups is 1. The molecule has 0 aliphatic rings. The van der Waals surface area contributed by atoms with E-state index in [2.05, 4.69) is 40.0 Å². The molecule has 3 N–H and O–H groups in total. The summed E-state index contributed by atoms with van der Waals surface area (Å²) >= 11 is 2.65. The zero-order chi connectivity index (χ0) is 10.1. The second-order valence-electron chi connectivity index (χ2n) is 2.86. The van der Waals surface area contributed by atoms with Crippen molar-refractivity contribution in [3.8, 4) is 0 Å². The molecule has 0 spiro atoms. The van der Waals surface area contributed by atoms with Crippen molar-refractivity contribution in [3.05, 3.63) is 6.92 Å². The van der Waals surface area contributed by atoms with E-state index in [1.165, 1.54) is 12.8 Å². The summed E-state index contributed by atoms with van der Waals surface area (Å²) in [6, 6.07) is 0. The molecular formula is C9H18N3Se. The van der Waals surface area contributed by atoms with Crippen LogP contribution in [0.25, 0.3) is 0 Å². The zero-order valence-corrected chi connectivity index (χ0v) is 9.89. The first-order valence-electron chi connectivity index (χ1n) is 4.60. The molecule has 0 saturated heterocycles. The molecule has 0 saturated carbocycles. The van der Waals surface area contributed by atoms with Gasteiger partial charge < -0.3 is 0 Å². The Labute approximate surface area is 88.5 Å². The molecule has 0 aliphatic heterocycles. The Kier molecular flexibility index (Phi) is 8.05. The molecule has 4 heteroatoms. The van der Waals surface area contributed by atoms with Crippen LogP contribution in [0.2, 0.25) is 0 Å². The molecule has 0 amide bonds. The van der Waals surface area contributed by atoms with E-state index in [0.29, 0.717) is 4.67 Å². The van der Waals surface area contributed by atoms with Gasteiger partial charge in [-0.15, -0.1) is 0 Å². The number of hydrogen-bond acceptors (Lipinski definition) is 3. The van der Waals surface area contributed by atoms with Gasteiger partial charge in [-0.3, -0.25) is 0 Å². The fourth-order valence-corrected chi connectivity index (χ4v) is 1.05. The third kappa shape index (κ3) is 8.00. The summed E-state index contributed by atoms with van der Waals surface area (Å²) in [7, 11) is 0. The molecule has 0 aliphatic carbocycles. The number of nitrogens with two attached hydrogens (primary N) is 1. The maximum atomic E-state index is 5.39. The quantitative estimate of drug-likeness (QED) is 0.400. The molecule has 0 unspecified atom stereocenters. The molecule has 1 radical (unpaired) electrons. The second-order valence-corrected chi connectivity index (χ2v) is 3.78. The Bertz CT molecular complexity index is 178. The third-order valence-electron chi connectivity index (χ3n) is 1.61. The van der Waals surface area contributed by atoms with Crippen molar-refractivity contribution >= 4 is 26.0 Å².